The Kier molecular flexibility index (Phi) is 3.41. The van der Waals surface area contributed by atoms with Crippen LogP contribution in [0.3, 0.4) is 0 Å². The van der Waals surface area contributed by atoms with Gasteiger partial charge in [-0.25, -0.2) is 0 Å². The molecule has 0 saturated carbocycles. The molecule has 0 aromatic heterocycles. The molecule has 1 saturated heterocycles. The normalized spacial score (nSPS) is 22.8. The summed E-state index contributed by atoms with van der Waals surface area (Å²) in [6.45, 7) is 3.19. The number of benzene rings is 1. The van der Waals surface area contributed by atoms with Gasteiger partial charge >= 0.3 is 0 Å². The number of halogens is 1. The third-order valence-corrected chi connectivity index (χ3v) is 4.08. The predicted octanol–water partition coefficient (Wildman–Crippen LogP) is 2.79. The average Bonchev–Trinajstić information content (AvgIpc) is 2.75. The number of nitrogens with one attached hydrogen (secondary N) is 1. The first-order valence-electron chi connectivity index (χ1n) is 6.34. The molecule has 2 aliphatic heterocycles. The Bertz CT molecular complexity index is 438. The van der Waals surface area contributed by atoms with E-state index in [1.54, 1.807) is 0 Å². The van der Waals surface area contributed by atoms with Crippen molar-refractivity contribution in [2.24, 2.45) is 0 Å². The van der Waals surface area contributed by atoms with Crippen molar-refractivity contribution in [3.63, 3.8) is 0 Å². The Balaban J connectivity index is 1.58. The molecule has 1 spiro atoms. The molecule has 3 nitrogen and oxygen atoms in total. The van der Waals surface area contributed by atoms with E-state index in [0.717, 1.165) is 37.1 Å². The molecule has 0 atom stereocenters. The van der Waals surface area contributed by atoms with E-state index in [4.69, 9.17) is 4.84 Å². The molecule has 0 aliphatic carbocycles. The van der Waals surface area contributed by atoms with Crippen molar-refractivity contribution in [3.05, 3.63) is 46.6 Å². The van der Waals surface area contributed by atoms with Crippen LogP contribution < -0.4 is 5.48 Å². The molecule has 96 valence electrons. The van der Waals surface area contributed by atoms with Gasteiger partial charge < -0.3 is 0 Å². The van der Waals surface area contributed by atoms with Gasteiger partial charge in [-0.05, 0) is 40.4 Å². The lowest BCUT2D eigenvalue weighted by Crippen LogP contribution is -2.44. The number of piperidine rings is 1. The Morgan fingerprint density at radius 2 is 1.94 bits per heavy atom. The maximum Gasteiger partial charge on any atom is 0.119 e. The quantitative estimate of drug-likeness (QED) is 0.850. The van der Waals surface area contributed by atoms with Gasteiger partial charge in [-0.1, -0.05) is 30.3 Å². The molecule has 1 aromatic carbocycles. The van der Waals surface area contributed by atoms with Gasteiger partial charge in [0.15, 0.2) is 0 Å². The second kappa shape index (κ2) is 5.03. The number of hydrogen-bond acceptors (Lipinski definition) is 3. The summed E-state index contributed by atoms with van der Waals surface area (Å²) in [4.78, 5) is 8.17. The highest BCUT2D eigenvalue weighted by Gasteiger charge is 2.37. The van der Waals surface area contributed by atoms with Crippen LogP contribution in [0, 0.1) is 0 Å². The Morgan fingerprint density at radius 3 is 2.56 bits per heavy atom. The molecule has 1 N–H and O–H groups in total. The number of likely N-dealkylation sites (tertiary alicyclic amines) is 1. The molecule has 2 heterocycles. The topological polar surface area (TPSA) is 24.5 Å². The van der Waals surface area contributed by atoms with E-state index in [0.29, 0.717) is 0 Å². The smallest absolute Gasteiger partial charge is 0.119 e. The molecule has 0 amide bonds. The van der Waals surface area contributed by atoms with Gasteiger partial charge in [0.05, 0.1) is 0 Å². The van der Waals surface area contributed by atoms with Crippen molar-refractivity contribution in [2.75, 3.05) is 13.1 Å². The third-order valence-electron chi connectivity index (χ3n) is 3.69. The van der Waals surface area contributed by atoms with E-state index >= 15 is 0 Å². The lowest BCUT2D eigenvalue weighted by molar-refractivity contribution is -0.0729. The first kappa shape index (κ1) is 12.2. The maximum absolute atomic E-state index is 5.68. The molecular weight excluding hydrogens is 292 g/mol. The van der Waals surface area contributed by atoms with Gasteiger partial charge in [0.1, 0.15) is 10.2 Å². The summed E-state index contributed by atoms with van der Waals surface area (Å²) in [5.41, 5.74) is 4.20. The van der Waals surface area contributed by atoms with Crippen LogP contribution in [0.2, 0.25) is 0 Å². The Morgan fingerprint density at radius 1 is 1.22 bits per heavy atom. The highest BCUT2D eigenvalue weighted by molar-refractivity contribution is 9.11. The van der Waals surface area contributed by atoms with Gasteiger partial charge in [0.25, 0.3) is 0 Å². The molecule has 0 radical (unpaired) electrons. The van der Waals surface area contributed by atoms with Gasteiger partial charge in [-0.3, -0.25) is 15.2 Å². The first-order valence-corrected chi connectivity index (χ1v) is 7.14. The Labute approximate surface area is 116 Å². The second-order valence-electron chi connectivity index (χ2n) is 5.02. The van der Waals surface area contributed by atoms with E-state index in [2.05, 4.69) is 62.7 Å². The third kappa shape index (κ3) is 2.60. The van der Waals surface area contributed by atoms with Crippen molar-refractivity contribution in [3.8, 4) is 0 Å². The summed E-state index contributed by atoms with van der Waals surface area (Å²) in [7, 11) is 0. The lowest BCUT2D eigenvalue weighted by atomic mass is 9.91. The van der Waals surface area contributed by atoms with Gasteiger partial charge in [0, 0.05) is 19.6 Å². The molecular formula is C14H17BrN2O. The van der Waals surface area contributed by atoms with Crippen LogP contribution in [-0.4, -0.2) is 23.6 Å². The summed E-state index contributed by atoms with van der Waals surface area (Å²) in [5, 5.41) is 0. The molecule has 1 aromatic rings. The SMILES string of the molecule is BrC1=CC2(CCN(Cc3ccccc3)CC2)ON1. The van der Waals surface area contributed by atoms with Crippen molar-refractivity contribution in [1.82, 2.24) is 10.4 Å². The minimum absolute atomic E-state index is 0.0912. The van der Waals surface area contributed by atoms with Crippen molar-refractivity contribution in [1.29, 1.82) is 0 Å². The fourth-order valence-corrected chi connectivity index (χ4v) is 3.12. The van der Waals surface area contributed by atoms with Crippen LogP contribution >= 0.6 is 15.9 Å². The molecule has 18 heavy (non-hydrogen) atoms. The summed E-state index contributed by atoms with van der Waals surface area (Å²) in [5.74, 6) is 0. The van der Waals surface area contributed by atoms with E-state index in [1.807, 2.05) is 0 Å². The van der Waals surface area contributed by atoms with Crippen LogP contribution in [0.1, 0.15) is 18.4 Å². The zero-order chi connectivity index (χ0) is 12.4. The predicted molar refractivity (Wildman–Crippen MR) is 74.9 cm³/mol. The number of hydrogen-bond donors (Lipinski definition) is 1. The molecule has 1 fully saturated rings. The first-order chi connectivity index (χ1) is 8.76. The van der Waals surface area contributed by atoms with E-state index in [-0.39, 0.29) is 5.60 Å². The van der Waals surface area contributed by atoms with Gasteiger partial charge in [-0.15, -0.1) is 0 Å². The van der Waals surface area contributed by atoms with Gasteiger partial charge in [-0.2, -0.15) is 0 Å². The maximum atomic E-state index is 5.68. The summed E-state index contributed by atoms with van der Waals surface area (Å²) >= 11 is 3.43. The highest BCUT2D eigenvalue weighted by atomic mass is 79.9. The second-order valence-corrected chi connectivity index (χ2v) is 5.88. The molecule has 2 aliphatic rings. The highest BCUT2D eigenvalue weighted by Crippen LogP contribution is 2.33. The summed E-state index contributed by atoms with van der Waals surface area (Å²) in [6.07, 6.45) is 4.25. The van der Waals surface area contributed by atoms with Crippen molar-refractivity contribution >= 4 is 15.9 Å². The van der Waals surface area contributed by atoms with Crippen LogP contribution in [0.25, 0.3) is 0 Å². The largest absolute Gasteiger partial charge is 0.299 e. The monoisotopic (exact) mass is 308 g/mol. The minimum atomic E-state index is -0.0912. The van der Waals surface area contributed by atoms with E-state index in [1.165, 1.54) is 5.56 Å². The van der Waals surface area contributed by atoms with Crippen LogP contribution in [0.15, 0.2) is 41.0 Å². The fourth-order valence-electron chi connectivity index (χ4n) is 2.62. The summed E-state index contributed by atoms with van der Waals surface area (Å²) < 4.78 is 0.957. The molecule has 4 heteroatoms. The zero-order valence-corrected chi connectivity index (χ0v) is 11.8. The number of hydroxylamine groups is 1. The standard InChI is InChI=1S/C14H17BrN2O/c15-13-10-14(18-16-13)6-8-17(9-7-14)11-12-4-2-1-3-5-12/h1-5,10,16H,6-9,11H2. The van der Waals surface area contributed by atoms with Gasteiger partial charge in [0.2, 0.25) is 0 Å². The summed E-state index contributed by atoms with van der Waals surface area (Å²) in [6, 6.07) is 10.6. The van der Waals surface area contributed by atoms with E-state index < -0.39 is 0 Å². The zero-order valence-electron chi connectivity index (χ0n) is 10.2. The van der Waals surface area contributed by atoms with Crippen LogP contribution in [0.4, 0.5) is 0 Å². The number of nitrogens with zero attached hydrogens (tertiary/aromatic N) is 1. The molecule has 3 rings (SSSR count). The van der Waals surface area contributed by atoms with Crippen LogP contribution in [0.5, 0.6) is 0 Å². The molecule has 0 bridgehead atoms. The minimum Gasteiger partial charge on any atom is -0.299 e. The van der Waals surface area contributed by atoms with Crippen molar-refractivity contribution < 1.29 is 4.84 Å². The number of rotatable bonds is 2. The van der Waals surface area contributed by atoms with E-state index in [9.17, 15) is 0 Å². The van der Waals surface area contributed by atoms with Crippen LogP contribution in [-0.2, 0) is 11.4 Å². The Hall–Kier alpha value is -0.840. The lowest BCUT2D eigenvalue weighted by Gasteiger charge is -2.36. The molecule has 0 unspecified atom stereocenters. The fraction of sp³-hybridized carbons (Fsp3) is 0.429. The van der Waals surface area contributed by atoms with Crippen molar-refractivity contribution in [2.45, 2.75) is 25.0 Å². The average molecular weight is 309 g/mol.